The van der Waals surface area contributed by atoms with E-state index in [0.29, 0.717) is 5.56 Å². The minimum absolute atomic E-state index is 0.00363. The minimum atomic E-state index is -0.259. The van der Waals surface area contributed by atoms with Crippen LogP contribution in [0.25, 0.3) is 10.9 Å². The molecule has 0 N–H and O–H groups in total. The fraction of sp³-hybridized carbons (Fsp3) is 0.250. The van der Waals surface area contributed by atoms with Gasteiger partial charge in [0.05, 0.1) is 11.2 Å². The van der Waals surface area contributed by atoms with Gasteiger partial charge in [0.1, 0.15) is 12.7 Å². The maximum absolute atomic E-state index is 12.3. The molecule has 1 aliphatic rings. The molecule has 3 nitrogen and oxygen atoms in total. The third-order valence-corrected chi connectivity index (χ3v) is 5.06. The van der Waals surface area contributed by atoms with Crippen LogP contribution in [0.1, 0.15) is 46.6 Å². The van der Waals surface area contributed by atoms with Crippen molar-refractivity contribution in [1.29, 1.82) is 0 Å². The van der Waals surface area contributed by atoms with Crippen LogP contribution in [0.15, 0.2) is 66.7 Å². The van der Waals surface area contributed by atoms with Gasteiger partial charge in [-0.05, 0) is 42.5 Å². The number of nitrogens with zero attached hydrogens (tertiary/aromatic N) is 1. The largest absolute Gasteiger partial charge is 0.360 e. The molecule has 136 valence electrons. The van der Waals surface area contributed by atoms with Crippen molar-refractivity contribution < 1.29 is 9.53 Å². The number of aromatic nitrogens is 1. The average molecular weight is 357 g/mol. The molecule has 1 aromatic heterocycles. The number of allylic oxidation sites excluding steroid dienone is 1. The third-order valence-electron chi connectivity index (χ3n) is 5.06. The molecule has 0 aliphatic carbocycles. The van der Waals surface area contributed by atoms with Crippen molar-refractivity contribution in [2.45, 2.75) is 32.3 Å². The molecule has 1 atom stereocenters. The number of carbonyl (C=O) groups is 1. The monoisotopic (exact) mass is 357 g/mol. The van der Waals surface area contributed by atoms with E-state index in [9.17, 15) is 4.79 Å². The maximum Gasteiger partial charge on any atom is 0.190 e. The normalized spacial score (nSPS) is 16.8. The van der Waals surface area contributed by atoms with Gasteiger partial charge in [0.15, 0.2) is 5.78 Å². The summed E-state index contributed by atoms with van der Waals surface area (Å²) in [5.74, 6) is 0.00363. The predicted octanol–water partition coefficient (Wildman–Crippen LogP) is 5.24. The summed E-state index contributed by atoms with van der Waals surface area (Å²) >= 11 is 0. The first kappa shape index (κ1) is 17.6. The molecule has 3 heteroatoms. The molecule has 0 radical (unpaired) electrons. The van der Waals surface area contributed by atoms with Crippen LogP contribution in [-0.2, 0) is 17.6 Å². The van der Waals surface area contributed by atoms with Crippen molar-refractivity contribution in [2.75, 3.05) is 6.61 Å². The molecule has 2 aromatic carbocycles. The van der Waals surface area contributed by atoms with Crippen molar-refractivity contribution in [2.24, 2.45) is 0 Å². The van der Waals surface area contributed by atoms with Crippen LogP contribution in [0.5, 0.6) is 0 Å². The quantitative estimate of drug-likeness (QED) is 0.586. The first-order chi connectivity index (χ1) is 13.2. The minimum Gasteiger partial charge on any atom is -0.360 e. The molecular weight excluding hydrogens is 334 g/mol. The summed E-state index contributed by atoms with van der Waals surface area (Å²) in [4.78, 5) is 17.0. The Hall–Kier alpha value is -2.78. The molecule has 0 spiro atoms. The van der Waals surface area contributed by atoms with Crippen LogP contribution in [0, 0.1) is 0 Å². The van der Waals surface area contributed by atoms with E-state index in [2.05, 4.69) is 37.3 Å². The van der Waals surface area contributed by atoms with Crippen molar-refractivity contribution in [1.82, 2.24) is 4.98 Å². The number of Topliss-reactive ketones (excluding diaryl/α,β-unsaturated/α-hetero) is 1. The SMILES string of the molecule is CCc1ccc(CCC=CC2OCC(=O)c3cc4ccccc4nc32)cc1. The number of pyridine rings is 1. The van der Waals surface area contributed by atoms with E-state index in [-0.39, 0.29) is 18.5 Å². The van der Waals surface area contributed by atoms with Crippen LogP contribution in [-0.4, -0.2) is 17.4 Å². The molecule has 1 aliphatic heterocycles. The molecule has 1 unspecified atom stereocenters. The van der Waals surface area contributed by atoms with Gasteiger partial charge in [0, 0.05) is 10.9 Å². The maximum atomic E-state index is 12.3. The van der Waals surface area contributed by atoms with Gasteiger partial charge < -0.3 is 4.74 Å². The van der Waals surface area contributed by atoms with Crippen molar-refractivity contribution in [3.05, 3.63) is 89.1 Å². The van der Waals surface area contributed by atoms with E-state index < -0.39 is 0 Å². The Kier molecular flexibility index (Phi) is 5.12. The lowest BCUT2D eigenvalue weighted by Gasteiger charge is -2.22. The van der Waals surface area contributed by atoms with E-state index in [1.54, 1.807) is 0 Å². The Morgan fingerprint density at radius 2 is 1.89 bits per heavy atom. The predicted molar refractivity (Wildman–Crippen MR) is 108 cm³/mol. The molecule has 0 saturated carbocycles. The van der Waals surface area contributed by atoms with Gasteiger partial charge in [-0.25, -0.2) is 4.98 Å². The van der Waals surface area contributed by atoms with Crippen molar-refractivity contribution >= 4 is 16.7 Å². The summed E-state index contributed by atoms with van der Waals surface area (Å²) in [6, 6.07) is 18.6. The number of fused-ring (bicyclic) bond motifs is 2. The van der Waals surface area contributed by atoms with E-state index in [0.717, 1.165) is 35.9 Å². The molecule has 2 heterocycles. The van der Waals surface area contributed by atoms with Crippen molar-refractivity contribution in [3.63, 3.8) is 0 Å². The van der Waals surface area contributed by atoms with Gasteiger partial charge in [-0.2, -0.15) is 0 Å². The second-order valence-electron chi connectivity index (χ2n) is 6.91. The van der Waals surface area contributed by atoms with Gasteiger partial charge >= 0.3 is 0 Å². The number of aryl methyl sites for hydroxylation is 2. The number of para-hydroxylation sites is 1. The Balaban J connectivity index is 1.49. The Bertz CT molecular complexity index is 989. The lowest BCUT2D eigenvalue weighted by atomic mass is 9.99. The van der Waals surface area contributed by atoms with E-state index in [1.165, 1.54) is 11.1 Å². The van der Waals surface area contributed by atoms with Crippen LogP contribution in [0.4, 0.5) is 0 Å². The molecule has 0 amide bonds. The number of carbonyl (C=O) groups excluding carboxylic acids is 1. The standard InChI is InChI=1S/C24H23NO2/c1-2-17-11-13-18(14-12-17)7-3-6-10-23-24-20(22(26)16-27-23)15-19-8-4-5-9-21(19)25-24/h4-6,8-15,23H,2-3,7,16H2,1H3. The third kappa shape index (κ3) is 3.83. The van der Waals surface area contributed by atoms with Crippen LogP contribution >= 0.6 is 0 Å². The first-order valence-corrected chi connectivity index (χ1v) is 9.53. The zero-order chi connectivity index (χ0) is 18.6. The van der Waals surface area contributed by atoms with Gasteiger partial charge in [-0.1, -0.05) is 61.5 Å². The number of hydrogen-bond donors (Lipinski definition) is 0. The summed E-state index contributed by atoms with van der Waals surface area (Å²) < 4.78 is 5.75. The molecular formula is C24H23NO2. The number of benzene rings is 2. The smallest absolute Gasteiger partial charge is 0.190 e. The lowest BCUT2D eigenvalue weighted by molar-refractivity contribution is 0.0519. The second kappa shape index (κ2) is 7.85. The lowest BCUT2D eigenvalue weighted by Crippen LogP contribution is -2.23. The summed E-state index contributed by atoms with van der Waals surface area (Å²) in [7, 11) is 0. The average Bonchev–Trinajstić information content (AvgIpc) is 2.72. The highest BCUT2D eigenvalue weighted by Gasteiger charge is 2.26. The highest BCUT2D eigenvalue weighted by atomic mass is 16.5. The molecule has 27 heavy (non-hydrogen) atoms. The molecule has 3 aromatic rings. The Labute approximate surface area is 159 Å². The van der Waals surface area contributed by atoms with Crippen LogP contribution < -0.4 is 0 Å². The summed E-state index contributed by atoms with van der Waals surface area (Å²) in [5, 5.41) is 0.991. The van der Waals surface area contributed by atoms with E-state index >= 15 is 0 Å². The fourth-order valence-electron chi connectivity index (χ4n) is 3.45. The number of ether oxygens (including phenoxy) is 1. The van der Waals surface area contributed by atoms with Gasteiger partial charge in [-0.3, -0.25) is 4.79 Å². The molecule has 0 bridgehead atoms. The highest BCUT2D eigenvalue weighted by Crippen LogP contribution is 2.29. The van der Waals surface area contributed by atoms with Crippen LogP contribution in [0.2, 0.25) is 0 Å². The fourth-order valence-corrected chi connectivity index (χ4v) is 3.45. The van der Waals surface area contributed by atoms with Gasteiger partial charge in [0.2, 0.25) is 0 Å². The summed E-state index contributed by atoms with van der Waals surface area (Å²) in [6.45, 7) is 2.28. The second-order valence-corrected chi connectivity index (χ2v) is 6.91. The zero-order valence-corrected chi connectivity index (χ0v) is 15.5. The zero-order valence-electron chi connectivity index (χ0n) is 15.5. The van der Waals surface area contributed by atoms with E-state index in [4.69, 9.17) is 9.72 Å². The van der Waals surface area contributed by atoms with Crippen molar-refractivity contribution in [3.8, 4) is 0 Å². The Morgan fingerprint density at radius 1 is 1.11 bits per heavy atom. The number of ketones is 1. The van der Waals surface area contributed by atoms with Gasteiger partial charge in [-0.15, -0.1) is 0 Å². The van der Waals surface area contributed by atoms with Gasteiger partial charge in [0.25, 0.3) is 0 Å². The molecule has 0 saturated heterocycles. The molecule has 4 rings (SSSR count). The topological polar surface area (TPSA) is 39.2 Å². The number of hydrogen-bond acceptors (Lipinski definition) is 3. The summed E-state index contributed by atoms with van der Waals surface area (Å²) in [5.41, 5.74) is 5.01. The van der Waals surface area contributed by atoms with E-state index in [1.807, 2.05) is 36.4 Å². The number of rotatable bonds is 5. The molecule has 0 fully saturated rings. The first-order valence-electron chi connectivity index (χ1n) is 9.53. The summed E-state index contributed by atoms with van der Waals surface area (Å²) in [6.07, 6.45) is 6.90. The highest BCUT2D eigenvalue weighted by molar-refractivity contribution is 6.01. The van der Waals surface area contributed by atoms with Crippen LogP contribution in [0.3, 0.4) is 0 Å². The Morgan fingerprint density at radius 3 is 2.70 bits per heavy atom.